The molecule has 1 aliphatic heterocycles. The first-order valence-electron chi connectivity index (χ1n) is 5.59. The van der Waals surface area contributed by atoms with Crippen molar-refractivity contribution in [2.45, 2.75) is 6.42 Å². The van der Waals surface area contributed by atoms with Crippen LogP contribution in [0.3, 0.4) is 0 Å². The van der Waals surface area contributed by atoms with Crippen LogP contribution in [0.15, 0.2) is 12.1 Å². The fourth-order valence-electron chi connectivity index (χ4n) is 1.92. The van der Waals surface area contributed by atoms with Crippen LogP contribution in [-0.2, 0) is 4.79 Å². The first-order valence-corrected chi connectivity index (χ1v) is 6.79. The molecule has 17 heavy (non-hydrogen) atoms. The van der Waals surface area contributed by atoms with Crippen molar-refractivity contribution in [1.29, 1.82) is 0 Å². The van der Waals surface area contributed by atoms with Crippen molar-refractivity contribution < 1.29 is 9.90 Å². The number of hydrogen-bond acceptors (Lipinski definition) is 4. The highest BCUT2D eigenvalue weighted by atomic mass is 35.5. The second kappa shape index (κ2) is 5.71. The van der Waals surface area contributed by atoms with Gasteiger partial charge < -0.3 is 10.0 Å². The molecule has 1 fully saturated rings. The van der Waals surface area contributed by atoms with Crippen LogP contribution in [0.4, 0.5) is 5.00 Å². The normalized spacial score (nSPS) is 17.4. The highest BCUT2D eigenvalue weighted by Crippen LogP contribution is 2.30. The molecular weight excluding hydrogens is 260 g/mol. The molecule has 94 valence electrons. The summed E-state index contributed by atoms with van der Waals surface area (Å²) in [6.07, 6.45) is 0.227. The van der Waals surface area contributed by atoms with Crippen molar-refractivity contribution in [3.05, 3.63) is 16.5 Å². The summed E-state index contributed by atoms with van der Waals surface area (Å²) in [5.41, 5.74) is 0. The Morgan fingerprint density at radius 3 is 2.59 bits per heavy atom. The summed E-state index contributed by atoms with van der Waals surface area (Å²) in [7, 11) is 0. The van der Waals surface area contributed by atoms with Gasteiger partial charge in [-0.05, 0) is 12.1 Å². The molecule has 0 spiro atoms. The highest BCUT2D eigenvalue weighted by molar-refractivity contribution is 7.19. The van der Waals surface area contributed by atoms with Gasteiger partial charge in [-0.25, -0.2) is 0 Å². The first-order chi connectivity index (χ1) is 8.15. The van der Waals surface area contributed by atoms with Crippen molar-refractivity contribution in [2.75, 3.05) is 37.6 Å². The number of rotatable bonds is 4. The molecule has 1 aromatic rings. The zero-order chi connectivity index (χ0) is 12.3. The van der Waals surface area contributed by atoms with Gasteiger partial charge in [-0.3, -0.25) is 9.69 Å². The van der Waals surface area contributed by atoms with E-state index in [9.17, 15) is 4.79 Å². The van der Waals surface area contributed by atoms with E-state index in [1.165, 1.54) is 5.00 Å². The zero-order valence-electron chi connectivity index (χ0n) is 9.43. The lowest BCUT2D eigenvalue weighted by Crippen LogP contribution is -2.46. The number of thiophene rings is 1. The molecule has 0 bridgehead atoms. The fourth-order valence-corrected chi connectivity index (χ4v) is 3.00. The summed E-state index contributed by atoms with van der Waals surface area (Å²) >= 11 is 7.50. The van der Waals surface area contributed by atoms with E-state index in [0.29, 0.717) is 6.54 Å². The Morgan fingerprint density at radius 1 is 1.35 bits per heavy atom. The molecule has 0 saturated carbocycles. The Balaban J connectivity index is 1.80. The molecule has 2 heterocycles. The van der Waals surface area contributed by atoms with Gasteiger partial charge in [0.05, 0.1) is 15.8 Å². The lowest BCUT2D eigenvalue weighted by molar-refractivity contribution is -0.137. The quantitative estimate of drug-likeness (QED) is 0.912. The molecule has 0 amide bonds. The zero-order valence-corrected chi connectivity index (χ0v) is 11.0. The molecule has 0 aliphatic carbocycles. The Kier molecular flexibility index (Phi) is 4.25. The van der Waals surface area contributed by atoms with Gasteiger partial charge in [-0.15, -0.1) is 11.3 Å². The number of carbonyl (C=O) groups is 1. The lowest BCUT2D eigenvalue weighted by atomic mass is 10.3. The fraction of sp³-hybridized carbons (Fsp3) is 0.545. The number of carboxylic acid groups (broad SMARTS) is 1. The molecule has 1 aliphatic rings. The van der Waals surface area contributed by atoms with E-state index in [1.54, 1.807) is 11.3 Å². The molecule has 1 N–H and O–H groups in total. The minimum Gasteiger partial charge on any atom is -0.481 e. The molecule has 0 unspecified atom stereocenters. The van der Waals surface area contributed by atoms with E-state index in [4.69, 9.17) is 16.7 Å². The lowest BCUT2D eigenvalue weighted by Gasteiger charge is -2.34. The maximum absolute atomic E-state index is 10.5. The maximum Gasteiger partial charge on any atom is 0.304 e. The summed E-state index contributed by atoms with van der Waals surface area (Å²) < 4.78 is 0.813. The van der Waals surface area contributed by atoms with Crippen LogP contribution in [0, 0.1) is 0 Å². The largest absolute Gasteiger partial charge is 0.481 e. The monoisotopic (exact) mass is 274 g/mol. The second-order valence-electron chi connectivity index (χ2n) is 4.05. The Labute approximate surface area is 109 Å². The van der Waals surface area contributed by atoms with E-state index in [2.05, 4.69) is 9.80 Å². The van der Waals surface area contributed by atoms with Crippen molar-refractivity contribution in [1.82, 2.24) is 4.90 Å². The summed E-state index contributed by atoms with van der Waals surface area (Å²) in [5, 5.41) is 9.83. The summed E-state index contributed by atoms with van der Waals surface area (Å²) in [6, 6.07) is 3.96. The Bertz CT molecular complexity index is 389. The van der Waals surface area contributed by atoms with E-state index in [0.717, 1.165) is 30.5 Å². The van der Waals surface area contributed by atoms with E-state index >= 15 is 0 Å². The number of piperazine rings is 1. The third-order valence-corrected chi connectivity index (χ3v) is 4.18. The predicted molar refractivity (Wildman–Crippen MR) is 70.2 cm³/mol. The van der Waals surface area contributed by atoms with Crippen LogP contribution >= 0.6 is 22.9 Å². The van der Waals surface area contributed by atoms with Gasteiger partial charge in [0.1, 0.15) is 0 Å². The molecule has 0 atom stereocenters. The van der Waals surface area contributed by atoms with Gasteiger partial charge in [0.15, 0.2) is 0 Å². The number of anilines is 1. The minimum atomic E-state index is -0.725. The molecule has 2 rings (SSSR count). The topological polar surface area (TPSA) is 43.8 Å². The van der Waals surface area contributed by atoms with Crippen LogP contribution in [-0.4, -0.2) is 48.7 Å². The smallest absolute Gasteiger partial charge is 0.304 e. The predicted octanol–water partition coefficient (Wildman–Crippen LogP) is 2.00. The van der Waals surface area contributed by atoms with E-state index in [-0.39, 0.29) is 6.42 Å². The average Bonchev–Trinajstić information content (AvgIpc) is 2.74. The van der Waals surface area contributed by atoms with Crippen LogP contribution in [0.2, 0.25) is 4.34 Å². The Morgan fingerprint density at radius 2 is 2.06 bits per heavy atom. The minimum absolute atomic E-state index is 0.227. The number of hydrogen-bond donors (Lipinski definition) is 1. The second-order valence-corrected chi connectivity index (χ2v) is 5.74. The average molecular weight is 275 g/mol. The van der Waals surface area contributed by atoms with Gasteiger partial charge in [-0.1, -0.05) is 11.6 Å². The van der Waals surface area contributed by atoms with Gasteiger partial charge in [0, 0.05) is 32.7 Å². The summed E-state index contributed by atoms with van der Waals surface area (Å²) in [6.45, 7) is 4.37. The SMILES string of the molecule is O=C(O)CCN1CCN(c2ccc(Cl)s2)CC1. The number of nitrogens with zero attached hydrogens (tertiary/aromatic N) is 2. The number of halogens is 1. The van der Waals surface area contributed by atoms with Crippen molar-refractivity contribution in [2.24, 2.45) is 0 Å². The number of carboxylic acids is 1. The van der Waals surface area contributed by atoms with Gasteiger partial charge in [0.25, 0.3) is 0 Å². The van der Waals surface area contributed by atoms with Crippen LogP contribution in [0.1, 0.15) is 6.42 Å². The maximum atomic E-state index is 10.5. The van der Waals surface area contributed by atoms with Gasteiger partial charge >= 0.3 is 5.97 Å². The van der Waals surface area contributed by atoms with Crippen LogP contribution < -0.4 is 4.90 Å². The van der Waals surface area contributed by atoms with Crippen molar-refractivity contribution in [3.8, 4) is 0 Å². The van der Waals surface area contributed by atoms with E-state index in [1.807, 2.05) is 12.1 Å². The molecule has 1 aromatic heterocycles. The Hall–Kier alpha value is -0.780. The molecular formula is C11H15ClN2O2S. The van der Waals surface area contributed by atoms with Crippen molar-refractivity contribution in [3.63, 3.8) is 0 Å². The molecule has 4 nitrogen and oxygen atoms in total. The first kappa shape index (κ1) is 12.7. The number of aliphatic carboxylic acids is 1. The summed E-state index contributed by atoms with van der Waals surface area (Å²) in [4.78, 5) is 15.0. The molecule has 0 radical (unpaired) electrons. The van der Waals surface area contributed by atoms with Crippen molar-refractivity contribution >= 4 is 33.9 Å². The summed E-state index contributed by atoms with van der Waals surface area (Å²) in [5.74, 6) is -0.725. The standard InChI is InChI=1S/C11H15ClN2O2S/c12-9-1-2-10(17-9)14-7-5-13(6-8-14)4-3-11(15)16/h1-2H,3-8H2,(H,15,16). The molecule has 0 aromatic carbocycles. The molecule has 1 saturated heterocycles. The van der Waals surface area contributed by atoms with Gasteiger partial charge in [0.2, 0.25) is 0 Å². The van der Waals surface area contributed by atoms with Crippen LogP contribution in [0.25, 0.3) is 0 Å². The third kappa shape index (κ3) is 3.59. The van der Waals surface area contributed by atoms with Gasteiger partial charge in [-0.2, -0.15) is 0 Å². The van der Waals surface area contributed by atoms with E-state index < -0.39 is 5.97 Å². The molecule has 6 heteroatoms. The third-order valence-electron chi connectivity index (χ3n) is 2.88. The van der Waals surface area contributed by atoms with Crippen LogP contribution in [0.5, 0.6) is 0 Å². The highest BCUT2D eigenvalue weighted by Gasteiger charge is 2.18.